The maximum atomic E-state index is 12.9. The molecular weight excluding hydrogens is 412 g/mol. The van der Waals surface area contributed by atoms with Crippen LogP contribution in [0.1, 0.15) is 46.4 Å². The predicted octanol–water partition coefficient (Wildman–Crippen LogP) is 3.35. The molecule has 0 radical (unpaired) electrons. The SMILES string of the molecule is O=C(c1ccccc1)N1CCN(C2CN(C(=O)c3ccc(N4CCCCCC4)cc3)C2)CC1. The summed E-state index contributed by atoms with van der Waals surface area (Å²) < 4.78 is 0. The van der Waals surface area contributed by atoms with Gasteiger partial charge in [0.1, 0.15) is 0 Å². The molecule has 6 heteroatoms. The van der Waals surface area contributed by atoms with Gasteiger partial charge in [0.25, 0.3) is 11.8 Å². The molecule has 3 fully saturated rings. The van der Waals surface area contributed by atoms with Gasteiger partial charge in [-0.1, -0.05) is 31.0 Å². The van der Waals surface area contributed by atoms with Crippen LogP contribution in [0.15, 0.2) is 54.6 Å². The van der Waals surface area contributed by atoms with Gasteiger partial charge in [0.05, 0.1) is 0 Å². The molecule has 0 unspecified atom stereocenters. The molecule has 0 aromatic heterocycles. The number of nitrogens with zero attached hydrogens (tertiary/aromatic N) is 4. The summed E-state index contributed by atoms with van der Waals surface area (Å²) in [4.78, 5) is 34.4. The molecule has 2 amide bonds. The van der Waals surface area contributed by atoms with E-state index in [0.29, 0.717) is 6.04 Å². The number of benzene rings is 2. The van der Waals surface area contributed by atoms with Crippen LogP contribution in [0.5, 0.6) is 0 Å². The molecule has 0 atom stereocenters. The average molecular weight is 447 g/mol. The van der Waals surface area contributed by atoms with Crippen LogP contribution >= 0.6 is 0 Å². The average Bonchev–Trinajstić information content (AvgIpc) is 3.13. The van der Waals surface area contributed by atoms with Crippen molar-refractivity contribution in [2.45, 2.75) is 31.7 Å². The summed E-state index contributed by atoms with van der Waals surface area (Å²) in [6.45, 7) is 7.02. The lowest BCUT2D eigenvalue weighted by Crippen LogP contribution is -2.64. The fourth-order valence-electron chi connectivity index (χ4n) is 5.23. The van der Waals surface area contributed by atoms with Crippen molar-refractivity contribution in [3.8, 4) is 0 Å². The van der Waals surface area contributed by atoms with E-state index in [1.807, 2.05) is 52.3 Å². The number of hydrogen-bond donors (Lipinski definition) is 0. The summed E-state index contributed by atoms with van der Waals surface area (Å²) >= 11 is 0. The second-order valence-electron chi connectivity index (χ2n) is 9.51. The standard InChI is InChI=1S/C27H34N4O2/c32-26(22-8-4-3-5-9-22)30-18-16-29(17-19-30)25-20-31(21-25)27(33)23-10-12-24(13-11-23)28-14-6-1-2-7-15-28/h3-5,8-13,25H,1-2,6-7,14-21H2. The van der Waals surface area contributed by atoms with Crippen LogP contribution in [0.4, 0.5) is 5.69 Å². The van der Waals surface area contributed by atoms with Gasteiger partial charge in [-0.2, -0.15) is 0 Å². The Morgan fingerprint density at radius 2 is 1.18 bits per heavy atom. The summed E-state index contributed by atoms with van der Waals surface area (Å²) in [7, 11) is 0. The van der Waals surface area contributed by atoms with Crippen molar-refractivity contribution < 1.29 is 9.59 Å². The van der Waals surface area contributed by atoms with Crippen molar-refractivity contribution in [1.82, 2.24) is 14.7 Å². The Balaban J connectivity index is 1.09. The molecule has 3 saturated heterocycles. The van der Waals surface area contributed by atoms with Gasteiger partial charge >= 0.3 is 0 Å². The Morgan fingerprint density at radius 1 is 0.606 bits per heavy atom. The van der Waals surface area contributed by atoms with E-state index in [9.17, 15) is 9.59 Å². The van der Waals surface area contributed by atoms with Crippen molar-refractivity contribution in [2.75, 3.05) is 57.3 Å². The smallest absolute Gasteiger partial charge is 0.253 e. The summed E-state index contributed by atoms with van der Waals surface area (Å²) in [5.41, 5.74) is 2.77. The minimum absolute atomic E-state index is 0.115. The van der Waals surface area contributed by atoms with Crippen LogP contribution in [-0.4, -0.2) is 84.9 Å². The van der Waals surface area contributed by atoms with E-state index in [2.05, 4.69) is 21.9 Å². The zero-order valence-electron chi connectivity index (χ0n) is 19.4. The number of rotatable bonds is 4. The molecule has 0 saturated carbocycles. The highest BCUT2D eigenvalue weighted by atomic mass is 16.2. The molecule has 33 heavy (non-hydrogen) atoms. The molecule has 3 heterocycles. The number of likely N-dealkylation sites (tertiary alicyclic amines) is 1. The summed E-state index contributed by atoms with van der Waals surface area (Å²) in [6, 6.07) is 18.1. The van der Waals surface area contributed by atoms with Gasteiger partial charge in [0.15, 0.2) is 0 Å². The molecule has 174 valence electrons. The Kier molecular flexibility index (Phi) is 6.63. The lowest BCUT2D eigenvalue weighted by Gasteiger charge is -2.48. The molecule has 0 aliphatic carbocycles. The first kappa shape index (κ1) is 22.0. The van der Waals surface area contributed by atoms with E-state index in [4.69, 9.17) is 0 Å². The largest absolute Gasteiger partial charge is 0.372 e. The van der Waals surface area contributed by atoms with Crippen molar-refractivity contribution in [3.63, 3.8) is 0 Å². The highest BCUT2D eigenvalue weighted by molar-refractivity contribution is 5.95. The molecule has 0 spiro atoms. The maximum absolute atomic E-state index is 12.9. The number of hydrogen-bond acceptors (Lipinski definition) is 4. The first-order valence-corrected chi connectivity index (χ1v) is 12.4. The Bertz CT molecular complexity index is 940. The zero-order chi connectivity index (χ0) is 22.6. The van der Waals surface area contributed by atoms with E-state index in [1.165, 1.54) is 31.4 Å². The molecule has 5 rings (SSSR count). The Hall–Kier alpha value is -2.86. The van der Waals surface area contributed by atoms with E-state index in [0.717, 1.165) is 63.5 Å². The topological polar surface area (TPSA) is 47.1 Å². The minimum Gasteiger partial charge on any atom is -0.372 e. The normalized spacial score (nSPS) is 20.3. The molecule has 2 aromatic carbocycles. The highest BCUT2D eigenvalue weighted by Gasteiger charge is 2.37. The predicted molar refractivity (Wildman–Crippen MR) is 131 cm³/mol. The molecule has 0 bridgehead atoms. The van der Waals surface area contributed by atoms with Gasteiger partial charge in [-0.3, -0.25) is 14.5 Å². The lowest BCUT2D eigenvalue weighted by molar-refractivity contribution is 0.00854. The zero-order valence-corrected chi connectivity index (χ0v) is 19.4. The quantitative estimate of drug-likeness (QED) is 0.723. The number of piperazine rings is 1. The molecule has 2 aromatic rings. The molecular formula is C27H34N4O2. The molecule has 3 aliphatic heterocycles. The number of carbonyl (C=O) groups is 2. The van der Waals surface area contributed by atoms with Gasteiger partial charge < -0.3 is 14.7 Å². The van der Waals surface area contributed by atoms with Crippen molar-refractivity contribution in [3.05, 3.63) is 65.7 Å². The van der Waals surface area contributed by atoms with E-state index < -0.39 is 0 Å². The van der Waals surface area contributed by atoms with Gasteiger partial charge in [0, 0.05) is 75.2 Å². The molecule has 6 nitrogen and oxygen atoms in total. The van der Waals surface area contributed by atoms with Crippen LogP contribution in [0.25, 0.3) is 0 Å². The monoisotopic (exact) mass is 446 g/mol. The van der Waals surface area contributed by atoms with E-state index >= 15 is 0 Å². The first-order chi connectivity index (χ1) is 16.2. The second-order valence-corrected chi connectivity index (χ2v) is 9.51. The van der Waals surface area contributed by atoms with Gasteiger partial charge in [-0.25, -0.2) is 0 Å². The summed E-state index contributed by atoms with van der Waals surface area (Å²) in [6.07, 6.45) is 5.15. The van der Waals surface area contributed by atoms with Gasteiger partial charge in [0.2, 0.25) is 0 Å². The van der Waals surface area contributed by atoms with Gasteiger partial charge in [-0.15, -0.1) is 0 Å². The fraction of sp³-hybridized carbons (Fsp3) is 0.481. The Labute approximate surface area is 196 Å². The number of amides is 2. The van der Waals surface area contributed by atoms with Crippen LogP contribution < -0.4 is 4.90 Å². The summed E-state index contributed by atoms with van der Waals surface area (Å²) in [5, 5.41) is 0. The van der Waals surface area contributed by atoms with Crippen LogP contribution in [0, 0.1) is 0 Å². The van der Waals surface area contributed by atoms with Crippen LogP contribution in [0.3, 0.4) is 0 Å². The molecule has 3 aliphatic rings. The van der Waals surface area contributed by atoms with Crippen molar-refractivity contribution >= 4 is 17.5 Å². The van der Waals surface area contributed by atoms with Crippen molar-refractivity contribution in [1.29, 1.82) is 0 Å². The maximum Gasteiger partial charge on any atom is 0.253 e. The third-order valence-corrected chi connectivity index (χ3v) is 7.37. The second kappa shape index (κ2) is 9.96. The van der Waals surface area contributed by atoms with Crippen LogP contribution in [-0.2, 0) is 0 Å². The first-order valence-electron chi connectivity index (χ1n) is 12.4. The Morgan fingerprint density at radius 3 is 1.82 bits per heavy atom. The number of anilines is 1. The number of carbonyl (C=O) groups excluding carboxylic acids is 2. The fourth-order valence-corrected chi connectivity index (χ4v) is 5.23. The third-order valence-electron chi connectivity index (χ3n) is 7.37. The summed E-state index contributed by atoms with van der Waals surface area (Å²) in [5.74, 6) is 0.246. The molecule has 0 N–H and O–H groups in total. The van der Waals surface area contributed by atoms with Crippen LogP contribution in [0.2, 0.25) is 0 Å². The van der Waals surface area contributed by atoms with Crippen molar-refractivity contribution in [2.24, 2.45) is 0 Å². The minimum atomic E-state index is 0.115. The third kappa shape index (κ3) is 4.91. The van der Waals surface area contributed by atoms with Gasteiger partial charge in [-0.05, 0) is 49.2 Å². The lowest BCUT2D eigenvalue weighted by atomic mass is 10.0. The van der Waals surface area contributed by atoms with E-state index in [-0.39, 0.29) is 11.8 Å². The highest BCUT2D eigenvalue weighted by Crippen LogP contribution is 2.23. The van der Waals surface area contributed by atoms with E-state index in [1.54, 1.807) is 0 Å².